The Labute approximate surface area is 142 Å². The van der Waals surface area contributed by atoms with Gasteiger partial charge in [0.1, 0.15) is 0 Å². The molecule has 0 saturated heterocycles. The highest BCUT2D eigenvalue weighted by Crippen LogP contribution is 2.36. The Kier molecular flexibility index (Phi) is 4.65. The number of benzene rings is 2. The van der Waals surface area contributed by atoms with E-state index in [1.807, 2.05) is 25.2 Å². The Morgan fingerprint density at radius 3 is 2.81 bits per heavy atom. The van der Waals surface area contributed by atoms with Crippen molar-refractivity contribution >= 4 is 49.0 Å². The average Bonchev–Trinajstić information content (AvgIpc) is 2.90. The lowest BCUT2D eigenvalue weighted by Gasteiger charge is -2.16. The van der Waals surface area contributed by atoms with Crippen LogP contribution in [0.2, 0.25) is 5.02 Å². The van der Waals surface area contributed by atoms with Gasteiger partial charge in [-0.25, -0.2) is 0 Å². The van der Waals surface area contributed by atoms with E-state index in [0.29, 0.717) is 0 Å². The van der Waals surface area contributed by atoms with Crippen molar-refractivity contribution in [3.8, 4) is 0 Å². The van der Waals surface area contributed by atoms with Crippen LogP contribution < -0.4 is 5.32 Å². The van der Waals surface area contributed by atoms with Gasteiger partial charge >= 0.3 is 0 Å². The van der Waals surface area contributed by atoms with Gasteiger partial charge < -0.3 is 5.32 Å². The number of hydrogen-bond acceptors (Lipinski definition) is 2. The van der Waals surface area contributed by atoms with Crippen molar-refractivity contribution in [1.82, 2.24) is 5.32 Å². The Hall–Kier alpha value is -0.870. The van der Waals surface area contributed by atoms with Gasteiger partial charge in [-0.15, -0.1) is 11.3 Å². The lowest BCUT2D eigenvalue weighted by atomic mass is 9.98. The van der Waals surface area contributed by atoms with Crippen LogP contribution in [0.4, 0.5) is 0 Å². The smallest absolute Gasteiger partial charge is 0.0488 e. The molecule has 1 atom stereocenters. The largest absolute Gasteiger partial charge is 0.313 e. The van der Waals surface area contributed by atoms with Gasteiger partial charge in [0.25, 0.3) is 0 Å². The first-order valence-corrected chi connectivity index (χ1v) is 8.81. The Bertz CT molecular complexity index is 768. The standard InChI is InChI=1S/C17H15BrClNS/c1-20-16(9-11-4-2-5-12(19)8-11)14-10-21-17-13(14)6-3-7-15(17)18/h2-8,10,16,20H,9H2,1H3. The number of thiophene rings is 1. The van der Waals surface area contributed by atoms with Crippen LogP contribution in [0.25, 0.3) is 10.1 Å². The Balaban J connectivity index is 1.97. The van der Waals surface area contributed by atoms with Crippen molar-refractivity contribution in [2.24, 2.45) is 0 Å². The monoisotopic (exact) mass is 379 g/mol. The van der Waals surface area contributed by atoms with Gasteiger partial charge in [-0.1, -0.05) is 35.9 Å². The molecule has 0 aliphatic carbocycles. The maximum Gasteiger partial charge on any atom is 0.0488 e. The van der Waals surface area contributed by atoms with Crippen LogP contribution in [0.15, 0.2) is 52.3 Å². The zero-order valence-electron chi connectivity index (χ0n) is 11.6. The molecule has 1 nitrogen and oxygen atoms in total. The third kappa shape index (κ3) is 3.16. The van der Waals surface area contributed by atoms with Gasteiger partial charge in [-0.3, -0.25) is 0 Å². The molecular formula is C17H15BrClNS. The highest BCUT2D eigenvalue weighted by Gasteiger charge is 2.16. The molecule has 108 valence electrons. The van der Waals surface area contributed by atoms with Crippen molar-refractivity contribution in [3.63, 3.8) is 0 Å². The van der Waals surface area contributed by atoms with E-state index in [-0.39, 0.29) is 6.04 Å². The van der Waals surface area contributed by atoms with E-state index in [4.69, 9.17) is 11.6 Å². The molecule has 0 radical (unpaired) electrons. The van der Waals surface area contributed by atoms with E-state index in [2.05, 4.69) is 50.9 Å². The molecule has 1 heterocycles. The molecule has 0 spiro atoms. The first-order valence-electron chi connectivity index (χ1n) is 6.76. The SMILES string of the molecule is CNC(Cc1cccc(Cl)c1)c1csc2c(Br)cccc12. The van der Waals surface area contributed by atoms with E-state index in [1.165, 1.54) is 21.2 Å². The van der Waals surface area contributed by atoms with E-state index in [0.717, 1.165) is 15.9 Å². The van der Waals surface area contributed by atoms with Crippen LogP contribution in [0.5, 0.6) is 0 Å². The second-order valence-electron chi connectivity index (χ2n) is 4.98. The molecule has 1 unspecified atom stereocenters. The molecule has 2 aromatic carbocycles. The van der Waals surface area contributed by atoms with Crippen molar-refractivity contribution in [2.75, 3.05) is 7.05 Å². The molecule has 0 saturated carbocycles. The molecule has 21 heavy (non-hydrogen) atoms. The Morgan fingerprint density at radius 1 is 1.24 bits per heavy atom. The summed E-state index contributed by atoms with van der Waals surface area (Å²) in [5, 5.41) is 7.79. The second-order valence-corrected chi connectivity index (χ2v) is 7.15. The van der Waals surface area contributed by atoms with Crippen molar-refractivity contribution < 1.29 is 0 Å². The molecule has 0 aliphatic heterocycles. The molecule has 1 aromatic heterocycles. The summed E-state index contributed by atoms with van der Waals surface area (Å²) < 4.78 is 2.47. The van der Waals surface area contributed by atoms with E-state index < -0.39 is 0 Å². The minimum absolute atomic E-state index is 0.284. The molecule has 0 amide bonds. The predicted octanol–water partition coefficient (Wildman–Crippen LogP) is 5.82. The maximum atomic E-state index is 6.09. The van der Waals surface area contributed by atoms with Gasteiger partial charge in [0.05, 0.1) is 0 Å². The zero-order valence-corrected chi connectivity index (χ0v) is 14.7. The number of hydrogen-bond donors (Lipinski definition) is 1. The fraction of sp³-hybridized carbons (Fsp3) is 0.176. The Morgan fingerprint density at radius 2 is 2.05 bits per heavy atom. The van der Waals surface area contributed by atoms with Gasteiger partial charge in [0.15, 0.2) is 0 Å². The summed E-state index contributed by atoms with van der Waals surface area (Å²) in [7, 11) is 2.01. The molecular weight excluding hydrogens is 366 g/mol. The first kappa shape index (κ1) is 15.0. The van der Waals surface area contributed by atoms with Gasteiger partial charge in [0, 0.05) is 20.2 Å². The van der Waals surface area contributed by atoms with Crippen LogP contribution >= 0.6 is 38.9 Å². The summed E-state index contributed by atoms with van der Waals surface area (Å²) in [6, 6.07) is 14.7. The topological polar surface area (TPSA) is 12.0 Å². The zero-order chi connectivity index (χ0) is 14.8. The number of rotatable bonds is 4. The molecule has 3 aromatic rings. The fourth-order valence-corrected chi connectivity index (χ4v) is 4.47. The van der Waals surface area contributed by atoms with Crippen LogP contribution in [-0.4, -0.2) is 7.05 Å². The van der Waals surface area contributed by atoms with Crippen LogP contribution in [0.1, 0.15) is 17.2 Å². The third-order valence-electron chi connectivity index (χ3n) is 3.63. The summed E-state index contributed by atoms with van der Waals surface area (Å²) in [6.07, 6.45) is 0.926. The van der Waals surface area contributed by atoms with Crippen LogP contribution in [-0.2, 0) is 6.42 Å². The molecule has 1 N–H and O–H groups in total. The number of likely N-dealkylation sites (N-methyl/N-ethyl adjacent to an activating group) is 1. The highest BCUT2D eigenvalue weighted by molar-refractivity contribution is 9.10. The lowest BCUT2D eigenvalue weighted by molar-refractivity contribution is 0.598. The molecule has 0 fully saturated rings. The average molecular weight is 381 g/mol. The summed E-state index contributed by atoms with van der Waals surface area (Å²) in [6.45, 7) is 0. The summed E-state index contributed by atoms with van der Waals surface area (Å²) in [5.74, 6) is 0. The number of fused-ring (bicyclic) bond motifs is 1. The predicted molar refractivity (Wildman–Crippen MR) is 96.5 cm³/mol. The second kappa shape index (κ2) is 6.49. The van der Waals surface area contributed by atoms with Gasteiger partial charge in [-0.05, 0) is 69.5 Å². The third-order valence-corrected chi connectivity index (χ3v) is 5.84. The van der Waals surface area contributed by atoms with E-state index >= 15 is 0 Å². The number of nitrogens with one attached hydrogen (secondary N) is 1. The first-order chi connectivity index (χ1) is 10.2. The molecule has 0 aliphatic rings. The van der Waals surface area contributed by atoms with Crippen molar-refractivity contribution in [2.45, 2.75) is 12.5 Å². The summed E-state index contributed by atoms with van der Waals surface area (Å²) in [4.78, 5) is 0. The van der Waals surface area contributed by atoms with Gasteiger partial charge in [0.2, 0.25) is 0 Å². The lowest BCUT2D eigenvalue weighted by Crippen LogP contribution is -2.18. The van der Waals surface area contributed by atoms with Crippen LogP contribution in [0.3, 0.4) is 0 Å². The van der Waals surface area contributed by atoms with Gasteiger partial charge in [-0.2, -0.15) is 0 Å². The molecule has 3 rings (SSSR count). The quantitative estimate of drug-likeness (QED) is 0.601. The minimum atomic E-state index is 0.284. The van der Waals surface area contributed by atoms with Crippen molar-refractivity contribution in [3.05, 3.63) is 68.5 Å². The van der Waals surface area contributed by atoms with E-state index in [1.54, 1.807) is 11.3 Å². The minimum Gasteiger partial charge on any atom is -0.313 e. The molecule has 4 heteroatoms. The summed E-state index contributed by atoms with van der Waals surface area (Å²) >= 11 is 11.5. The van der Waals surface area contributed by atoms with Crippen LogP contribution in [0, 0.1) is 0 Å². The normalized spacial score (nSPS) is 12.7. The summed E-state index contributed by atoms with van der Waals surface area (Å²) in [5.41, 5.74) is 2.59. The highest BCUT2D eigenvalue weighted by atomic mass is 79.9. The van der Waals surface area contributed by atoms with Crippen molar-refractivity contribution in [1.29, 1.82) is 0 Å². The maximum absolute atomic E-state index is 6.09. The fourth-order valence-electron chi connectivity index (χ4n) is 2.58. The van der Waals surface area contributed by atoms with E-state index in [9.17, 15) is 0 Å². The number of halogens is 2. The molecule has 0 bridgehead atoms.